The topological polar surface area (TPSA) is 12.0 Å². The molecule has 1 aromatic rings. The lowest BCUT2D eigenvalue weighted by atomic mass is 9.99. The molecular weight excluding hydrogens is 182 g/mol. The second-order valence-corrected chi connectivity index (χ2v) is 4.97. The van der Waals surface area contributed by atoms with Gasteiger partial charge in [0.15, 0.2) is 0 Å². The summed E-state index contributed by atoms with van der Waals surface area (Å²) in [6.45, 7) is 5.65. The second kappa shape index (κ2) is 4.80. The molecule has 1 heteroatoms. The van der Waals surface area contributed by atoms with E-state index >= 15 is 0 Å². The van der Waals surface area contributed by atoms with Crippen LogP contribution in [0.15, 0.2) is 30.3 Å². The molecule has 1 nitrogen and oxygen atoms in total. The minimum absolute atomic E-state index is 0.713. The van der Waals surface area contributed by atoms with Crippen molar-refractivity contribution in [3.8, 4) is 0 Å². The molecule has 0 saturated heterocycles. The summed E-state index contributed by atoms with van der Waals surface area (Å²) in [4.78, 5) is 0. The smallest absolute Gasteiger partial charge is 0.0208 e. The fourth-order valence-electron chi connectivity index (χ4n) is 2.23. The van der Waals surface area contributed by atoms with Gasteiger partial charge in [-0.05, 0) is 30.2 Å². The first-order chi connectivity index (χ1) is 7.27. The quantitative estimate of drug-likeness (QED) is 0.775. The standard InChI is InChI=1S/C14H21N/c1-11(2)14(13-8-9-13)15-10-12-6-4-3-5-7-12/h3-7,11,13-15H,8-10H2,1-2H3. The summed E-state index contributed by atoms with van der Waals surface area (Å²) >= 11 is 0. The van der Waals surface area contributed by atoms with Gasteiger partial charge in [0.05, 0.1) is 0 Å². The molecule has 1 fully saturated rings. The van der Waals surface area contributed by atoms with Crippen LogP contribution in [0.3, 0.4) is 0 Å². The summed E-state index contributed by atoms with van der Waals surface area (Å²) < 4.78 is 0. The number of benzene rings is 1. The van der Waals surface area contributed by atoms with Gasteiger partial charge in [-0.15, -0.1) is 0 Å². The third-order valence-electron chi connectivity index (χ3n) is 3.23. The van der Waals surface area contributed by atoms with Crippen molar-refractivity contribution in [2.45, 2.75) is 39.3 Å². The molecule has 1 saturated carbocycles. The van der Waals surface area contributed by atoms with E-state index in [1.807, 2.05) is 0 Å². The molecule has 2 rings (SSSR count). The van der Waals surface area contributed by atoms with Crippen LogP contribution in [-0.4, -0.2) is 6.04 Å². The van der Waals surface area contributed by atoms with E-state index in [0.29, 0.717) is 6.04 Å². The fourth-order valence-corrected chi connectivity index (χ4v) is 2.23. The molecule has 1 unspecified atom stereocenters. The Balaban J connectivity index is 1.85. The van der Waals surface area contributed by atoms with E-state index in [2.05, 4.69) is 49.5 Å². The Hall–Kier alpha value is -0.820. The Kier molecular flexibility index (Phi) is 3.42. The van der Waals surface area contributed by atoms with Gasteiger partial charge in [-0.3, -0.25) is 0 Å². The molecule has 1 aliphatic rings. The Morgan fingerprint density at radius 2 is 1.87 bits per heavy atom. The Morgan fingerprint density at radius 1 is 1.20 bits per heavy atom. The molecule has 0 radical (unpaired) electrons. The normalized spacial score (nSPS) is 18.1. The van der Waals surface area contributed by atoms with Gasteiger partial charge in [0.2, 0.25) is 0 Å². The summed E-state index contributed by atoms with van der Waals surface area (Å²) in [5.41, 5.74) is 1.39. The van der Waals surface area contributed by atoms with Crippen LogP contribution in [-0.2, 0) is 6.54 Å². The Labute approximate surface area is 92.9 Å². The highest BCUT2D eigenvalue weighted by Crippen LogP contribution is 2.35. The van der Waals surface area contributed by atoms with E-state index in [9.17, 15) is 0 Å². The molecule has 0 amide bonds. The number of hydrogen-bond acceptors (Lipinski definition) is 1. The average molecular weight is 203 g/mol. The zero-order valence-corrected chi connectivity index (χ0v) is 9.74. The lowest BCUT2D eigenvalue weighted by Crippen LogP contribution is -2.35. The highest BCUT2D eigenvalue weighted by molar-refractivity contribution is 5.14. The molecule has 0 spiro atoms. The third-order valence-corrected chi connectivity index (χ3v) is 3.23. The summed E-state index contributed by atoms with van der Waals surface area (Å²) in [6, 6.07) is 11.4. The van der Waals surface area contributed by atoms with Gasteiger partial charge in [-0.25, -0.2) is 0 Å². The van der Waals surface area contributed by atoms with E-state index in [0.717, 1.165) is 18.4 Å². The van der Waals surface area contributed by atoms with E-state index in [4.69, 9.17) is 0 Å². The first-order valence-electron chi connectivity index (χ1n) is 6.04. The minimum atomic E-state index is 0.713. The molecule has 1 atom stereocenters. The van der Waals surface area contributed by atoms with Crippen molar-refractivity contribution in [3.63, 3.8) is 0 Å². The van der Waals surface area contributed by atoms with Gasteiger partial charge >= 0.3 is 0 Å². The van der Waals surface area contributed by atoms with Crippen molar-refractivity contribution < 1.29 is 0 Å². The summed E-state index contributed by atoms with van der Waals surface area (Å²) in [5, 5.41) is 3.70. The lowest BCUT2D eigenvalue weighted by Gasteiger charge is -2.22. The van der Waals surface area contributed by atoms with Crippen LogP contribution >= 0.6 is 0 Å². The van der Waals surface area contributed by atoms with Gasteiger partial charge in [-0.2, -0.15) is 0 Å². The first kappa shape index (κ1) is 10.7. The number of hydrogen-bond donors (Lipinski definition) is 1. The van der Waals surface area contributed by atoms with Crippen LogP contribution in [0.1, 0.15) is 32.3 Å². The molecule has 0 aliphatic heterocycles. The molecule has 1 N–H and O–H groups in total. The maximum absolute atomic E-state index is 3.70. The maximum atomic E-state index is 3.70. The van der Waals surface area contributed by atoms with Crippen molar-refractivity contribution in [3.05, 3.63) is 35.9 Å². The predicted molar refractivity (Wildman–Crippen MR) is 64.6 cm³/mol. The average Bonchev–Trinajstić information content (AvgIpc) is 3.03. The molecule has 1 aromatic carbocycles. The monoisotopic (exact) mass is 203 g/mol. The molecule has 0 heterocycles. The Morgan fingerprint density at radius 3 is 2.40 bits per heavy atom. The summed E-state index contributed by atoms with van der Waals surface area (Å²) in [6.07, 6.45) is 2.84. The third kappa shape index (κ3) is 3.07. The van der Waals surface area contributed by atoms with Crippen molar-refractivity contribution in [2.75, 3.05) is 0 Å². The van der Waals surface area contributed by atoms with Crippen molar-refractivity contribution >= 4 is 0 Å². The van der Waals surface area contributed by atoms with Gasteiger partial charge in [0.25, 0.3) is 0 Å². The second-order valence-electron chi connectivity index (χ2n) is 4.97. The van der Waals surface area contributed by atoms with E-state index in [-0.39, 0.29) is 0 Å². The molecule has 82 valence electrons. The van der Waals surface area contributed by atoms with Gasteiger partial charge in [-0.1, -0.05) is 44.2 Å². The fraction of sp³-hybridized carbons (Fsp3) is 0.571. The van der Waals surface area contributed by atoms with Crippen LogP contribution < -0.4 is 5.32 Å². The zero-order chi connectivity index (χ0) is 10.7. The molecular formula is C14H21N. The first-order valence-corrected chi connectivity index (χ1v) is 6.04. The summed E-state index contributed by atoms with van der Waals surface area (Å²) in [5.74, 6) is 1.69. The van der Waals surface area contributed by atoms with Gasteiger partial charge in [0.1, 0.15) is 0 Å². The highest BCUT2D eigenvalue weighted by atomic mass is 14.9. The predicted octanol–water partition coefficient (Wildman–Crippen LogP) is 3.21. The van der Waals surface area contributed by atoms with Crippen molar-refractivity contribution in [1.29, 1.82) is 0 Å². The van der Waals surface area contributed by atoms with E-state index in [1.165, 1.54) is 18.4 Å². The van der Waals surface area contributed by atoms with Crippen LogP contribution in [0.25, 0.3) is 0 Å². The van der Waals surface area contributed by atoms with Crippen molar-refractivity contribution in [2.24, 2.45) is 11.8 Å². The number of nitrogens with one attached hydrogen (secondary N) is 1. The maximum Gasteiger partial charge on any atom is 0.0208 e. The minimum Gasteiger partial charge on any atom is -0.309 e. The molecule has 0 aromatic heterocycles. The zero-order valence-electron chi connectivity index (χ0n) is 9.74. The van der Waals surface area contributed by atoms with Gasteiger partial charge < -0.3 is 5.32 Å². The van der Waals surface area contributed by atoms with Crippen LogP contribution in [0.2, 0.25) is 0 Å². The van der Waals surface area contributed by atoms with Crippen LogP contribution in [0.4, 0.5) is 0 Å². The Bertz CT molecular complexity index is 285. The lowest BCUT2D eigenvalue weighted by molar-refractivity contribution is 0.359. The van der Waals surface area contributed by atoms with E-state index in [1.54, 1.807) is 0 Å². The molecule has 15 heavy (non-hydrogen) atoms. The number of rotatable bonds is 5. The van der Waals surface area contributed by atoms with Gasteiger partial charge in [0, 0.05) is 12.6 Å². The van der Waals surface area contributed by atoms with Crippen LogP contribution in [0, 0.1) is 11.8 Å². The van der Waals surface area contributed by atoms with Crippen molar-refractivity contribution in [1.82, 2.24) is 5.32 Å². The largest absolute Gasteiger partial charge is 0.309 e. The summed E-state index contributed by atoms with van der Waals surface area (Å²) in [7, 11) is 0. The highest BCUT2D eigenvalue weighted by Gasteiger charge is 2.32. The SMILES string of the molecule is CC(C)C(NCc1ccccc1)C1CC1. The molecule has 1 aliphatic carbocycles. The van der Waals surface area contributed by atoms with Crippen LogP contribution in [0.5, 0.6) is 0 Å². The molecule has 0 bridgehead atoms. The van der Waals surface area contributed by atoms with E-state index < -0.39 is 0 Å².